The highest BCUT2D eigenvalue weighted by atomic mass is 16.2. The van der Waals surface area contributed by atoms with E-state index in [-0.39, 0.29) is 17.9 Å². The minimum absolute atomic E-state index is 0.0663. The molecule has 1 saturated carbocycles. The van der Waals surface area contributed by atoms with Crippen molar-refractivity contribution in [1.29, 1.82) is 0 Å². The SMILES string of the molecule is C[C@H](NC1CC(=O)N(C)C1=O)C1CCCCC1. The summed E-state index contributed by atoms with van der Waals surface area (Å²) in [4.78, 5) is 24.4. The van der Waals surface area contributed by atoms with Gasteiger partial charge in [0.25, 0.3) is 0 Å². The third-order valence-electron chi connectivity index (χ3n) is 4.20. The molecule has 0 aromatic carbocycles. The topological polar surface area (TPSA) is 49.4 Å². The van der Waals surface area contributed by atoms with Crippen molar-refractivity contribution in [1.82, 2.24) is 10.2 Å². The number of carbonyl (C=O) groups is 2. The first-order valence-electron chi connectivity index (χ1n) is 6.66. The minimum Gasteiger partial charge on any atom is -0.303 e. The average Bonchev–Trinajstić information content (AvgIpc) is 2.58. The molecule has 1 saturated heterocycles. The fourth-order valence-electron chi connectivity index (χ4n) is 2.97. The fraction of sp³-hybridized carbons (Fsp3) is 0.846. The van der Waals surface area contributed by atoms with Gasteiger partial charge < -0.3 is 5.32 Å². The Morgan fingerprint density at radius 3 is 2.41 bits per heavy atom. The first kappa shape index (κ1) is 12.6. The Kier molecular flexibility index (Phi) is 3.82. The highest BCUT2D eigenvalue weighted by molar-refractivity contribution is 6.05. The molecule has 0 bridgehead atoms. The molecule has 0 spiro atoms. The molecule has 96 valence electrons. The summed E-state index contributed by atoms with van der Waals surface area (Å²) >= 11 is 0. The van der Waals surface area contributed by atoms with Gasteiger partial charge in [-0.2, -0.15) is 0 Å². The lowest BCUT2D eigenvalue weighted by molar-refractivity contribution is -0.137. The second kappa shape index (κ2) is 5.17. The van der Waals surface area contributed by atoms with Gasteiger partial charge >= 0.3 is 0 Å². The molecular weight excluding hydrogens is 216 g/mol. The number of nitrogens with zero attached hydrogens (tertiary/aromatic N) is 1. The summed E-state index contributed by atoms with van der Waals surface area (Å²) in [6, 6.07) is 0.0491. The molecule has 1 N–H and O–H groups in total. The van der Waals surface area contributed by atoms with Crippen LogP contribution in [0.3, 0.4) is 0 Å². The van der Waals surface area contributed by atoms with E-state index in [9.17, 15) is 9.59 Å². The summed E-state index contributed by atoms with van der Waals surface area (Å²) in [6.45, 7) is 2.14. The van der Waals surface area contributed by atoms with E-state index in [0.717, 1.165) is 0 Å². The number of likely N-dealkylation sites (tertiary alicyclic amines) is 1. The normalized spacial score (nSPS) is 28.8. The number of imide groups is 1. The van der Waals surface area contributed by atoms with Gasteiger partial charge in [0.1, 0.15) is 0 Å². The molecule has 4 nitrogen and oxygen atoms in total. The van der Waals surface area contributed by atoms with Crippen LogP contribution in [-0.4, -0.2) is 35.8 Å². The number of nitrogens with one attached hydrogen (secondary N) is 1. The molecule has 2 fully saturated rings. The van der Waals surface area contributed by atoms with Gasteiger partial charge in [0, 0.05) is 13.1 Å². The molecule has 2 atom stereocenters. The van der Waals surface area contributed by atoms with Gasteiger partial charge in [0.2, 0.25) is 11.8 Å². The molecule has 1 aliphatic carbocycles. The maximum absolute atomic E-state index is 11.8. The van der Waals surface area contributed by atoms with Crippen molar-refractivity contribution in [3.05, 3.63) is 0 Å². The van der Waals surface area contributed by atoms with Crippen molar-refractivity contribution in [3.63, 3.8) is 0 Å². The van der Waals surface area contributed by atoms with E-state index in [4.69, 9.17) is 0 Å². The summed E-state index contributed by atoms with van der Waals surface area (Å²) in [5.41, 5.74) is 0. The highest BCUT2D eigenvalue weighted by Gasteiger charge is 2.37. The van der Waals surface area contributed by atoms with E-state index >= 15 is 0 Å². The van der Waals surface area contributed by atoms with Crippen molar-refractivity contribution >= 4 is 11.8 Å². The molecular formula is C13H22N2O2. The zero-order valence-corrected chi connectivity index (χ0v) is 10.7. The Hall–Kier alpha value is -0.900. The van der Waals surface area contributed by atoms with Crippen molar-refractivity contribution < 1.29 is 9.59 Å². The molecule has 2 aliphatic rings. The quantitative estimate of drug-likeness (QED) is 0.754. The summed E-state index contributed by atoms with van der Waals surface area (Å²) < 4.78 is 0. The molecule has 2 rings (SSSR count). The summed E-state index contributed by atoms with van der Waals surface area (Å²) in [5.74, 6) is 0.526. The average molecular weight is 238 g/mol. The zero-order chi connectivity index (χ0) is 12.4. The van der Waals surface area contributed by atoms with Crippen molar-refractivity contribution in [3.8, 4) is 0 Å². The molecule has 0 radical (unpaired) electrons. The van der Waals surface area contributed by atoms with Gasteiger partial charge in [-0.3, -0.25) is 14.5 Å². The molecule has 1 aliphatic heterocycles. The Labute approximate surface area is 103 Å². The van der Waals surface area contributed by atoms with E-state index in [1.54, 1.807) is 7.05 Å². The highest BCUT2D eigenvalue weighted by Crippen LogP contribution is 2.27. The first-order chi connectivity index (χ1) is 8.09. The Balaban J connectivity index is 1.88. The number of carbonyl (C=O) groups excluding carboxylic acids is 2. The van der Waals surface area contributed by atoms with Crippen molar-refractivity contribution in [2.45, 2.75) is 57.5 Å². The monoisotopic (exact) mass is 238 g/mol. The van der Waals surface area contributed by atoms with Crippen LogP contribution >= 0.6 is 0 Å². The molecule has 1 heterocycles. The van der Waals surface area contributed by atoms with Crippen LogP contribution in [0.5, 0.6) is 0 Å². The van der Waals surface area contributed by atoms with Crippen molar-refractivity contribution in [2.75, 3.05) is 7.05 Å². The zero-order valence-electron chi connectivity index (χ0n) is 10.7. The second-order valence-corrected chi connectivity index (χ2v) is 5.40. The number of hydrogen-bond donors (Lipinski definition) is 1. The van der Waals surface area contributed by atoms with Gasteiger partial charge in [0.15, 0.2) is 0 Å². The predicted molar refractivity (Wildman–Crippen MR) is 65.4 cm³/mol. The fourth-order valence-corrected chi connectivity index (χ4v) is 2.97. The number of amides is 2. The standard InChI is InChI=1S/C13H22N2O2/c1-9(10-6-4-3-5-7-10)14-11-8-12(16)15(2)13(11)17/h9-11,14H,3-8H2,1-2H3/t9-,11?/m0/s1. The summed E-state index contributed by atoms with van der Waals surface area (Å²) in [5, 5.41) is 3.35. The Bertz CT molecular complexity index is 311. The van der Waals surface area contributed by atoms with Crippen molar-refractivity contribution in [2.24, 2.45) is 5.92 Å². The van der Waals surface area contributed by atoms with Gasteiger partial charge in [-0.05, 0) is 25.7 Å². The molecule has 2 amide bonds. The third kappa shape index (κ3) is 2.68. The van der Waals surface area contributed by atoms with Gasteiger partial charge in [0.05, 0.1) is 12.5 Å². The lowest BCUT2D eigenvalue weighted by Crippen LogP contribution is -2.45. The van der Waals surface area contributed by atoms with E-state index in [1.165, 1.54) is 37.0 Å². The Morgan fingerprint density at radius 1 is 1.24 bits per heavy atom. The molecule has 0 aromatic heterocycles. The predicted octanol–water partition coefficient (Wildman–Crippen LogP) is 1.30. The summed E-state index contributed by atoms with van der Waals surface area (Å²) in [6.07, 6.45) is 6.76. The van der Waals surface area contributed by atoms with Crippen LogP contribution in [0.15, 0.2) is 0 Å². The number of likely N-dealkylation sites (N-methyl/N-ethyl adjacent to an activating group) is 1. The largest absolute Gasteiger partial charge is 0.303 e. The molecule has 1 unspecified atom stereocenters. The lowest BCUT2D eigenvalue weighted by atomic mass is 9.84. The van der Waals surface area contributed by atoms with E-state index in [2.05, 4.69) is 12.2 Å². The Morgan fingerprint density at radius 2 is 1.88 bits per heavy atom. The second-order valence-electron chi connectivity index (χ2n) is 5.40. The van der Waals surface area contributed by atoms with Crippen LogP contribution in [0.2, 0.25) is 0 Å². The van der Waals surface area contributed by atoms with Gasteiger partial charge in [-0.1, -0.05) is 19.3 Å². The number of rotatable bonds is 3. The molecule has 17 heavy (non-hydrogen) atoms. The van der Waals surface area contributed by atoms with Crippen LogP contribution in [0.25, 0.3) is 0 Å². The minimum atomic E-state index is -0.288. The molecule has 4 heteroatoms. The summed E-state index contributed by atoms with van der Waals surface area (Å²) in [7, 11) is 1.57. The van der Waals surface area contributed by atoms with Crippen LogP contribution < -0.4 is 5.32 Å². The van der Waals surface area contributed by atoms with E-state index in [0.29, 0.717) is 18.4 Å². The van der Waals surface area contributed by atoms with Crippen LogP contribution in [0.1, 0.15) is 45.4 Å². The lowest BCUT2D eigenvalue weighted by Gasteiger charge is -2.29. The first-order valence-corrected chi connectivity index (χ1v) is 6.66. The molecule has 0 aromatic rings. The van der Waals surface area contributed by atoms with Gasteiger partial charge in [-0.25, -0.2) is 0 Å². The number of hydrogen-bond acceptors (Lipinski definition) is 3. The van der Waals surface area contributed by atoms with Crippen LogP contribution in [0.4, 0.5) is 0 Å². The van der Waals surface area contributed by atoms with E-state index in [1.807, 2.05) is 0 Å². The maximum atomic E-state index is 11.8. The third-order valence-corrected chi connectivity index (χ3v) is 4.20. The van der Waals surface area contributed by atoms with Crippen LogP contribution in [0, 0.1) is 5.92 Å². The van der Waals surface area contributed by atoms with Gasteiger partial charge in [-0.15, -0.1) is 0 Å². The maximum Gasteiger partial charge on any atom is 0.246 e. The smallest absolute Gasteiger partial charge is 0.246 e. The van der Waals surface area contributed by atoms with Crippen LogP contribution in [-0.2, 0) is 9.59 Å². The van der Waals surface area contributed by atoms with E-state index < -0.39 is 0 Å².